The van der Waals surface area contributed by atoms with Gasteiger partial charge in [-0.1, -0.05) is 0 Å². The third-order valence-electron chi connectivity index (χ3n) is 3.53. The topological polar surface area (TPSA) is 15.3 Å². The molecule has 0 radical (unpaired) electrons. The second-order valence-corrected chi connectivity index (χ2v) is 4.63. The van der Waals surface area contributed by atoms with E-state index < -0.39 is 0 Å². The van der Waals surface area contributed by atoms with E-state index in [2.05, 4.69) is 50.2 Å². The first-order chi connectivity index (χ1) is 7.09. The van der Waals surface area contributed by atoms with Gasteiger partial charge in [-0.05, 0) is 50.5 Å². The molecular weight excluding hydrogens is 184 g/mol. The Morgan fingerprint density at radius 1 is 1.27 bits per heavy atom. The molecule has 1 aliphatic rings. The molecule has 0 saturated heterocycles. The van der Waals surface area contributed by atoms with Gasteiger partial charge >= 0.3 is 0 Å². The van der Waals surface area contributed by atoms with E-state index in [0.29, 0.717) is 6.04 Å². The second kappa shape index (κ2) is 3.76. The van der Waals surface area contributed by atoms with Crippen LogP contribution in [0.15, 0.2) is 12.1 Å². The lowest BCUT2D eigenvalue weighted by molar-refractivity contribution is 0.657. The minimum Gasteiger partial charge on any atom is -0.383 e. The molecule has 0 bridgehead atoms. The molecule has 2 heteroatoms. The van der Waals surface area contributed by atoms with Gasteiger partial charge in [-0.25, -0.2) is 0 Å². The van der Waals surface area contributed by atoms with Gasteiger partial charge in [0.25, 0.3) is 0 Å². The van der Waals surface area contributed by atoms with Gasteiger partial charge in [0.2, 0.25) is 0 Å². The van der Waals surface area contributed by atoms with Crippen LogP contribution in [0.25, 0.3) is 0 Å². The molecule has 0 spiro atoms. The Morgan fingerprint density at radius 3 is 2.67 bits per heavy atom. The number of nitrogens with zero attached hydrogens (tertiary/aromatic N) is 1. The summed E-state index contributed by atoms with van der Waals surface area (Å²) in [5, 5.41) is 3.51. The lowest BCUT2D eigenvalue weighted by atomic mass is 10.1. The number of rotatable bonds is 0. The smallest absolute Gasteiger partial charge is 0.0604 e. The molecule has 1 aromatic carbocycles. The van der Waals surface area contributed by atoms with Gasteiger partial charge in [-0.15, -0.1) is 0 Å². The van der Waals surface area contributed by atoms with Crippen LogP contribution in [0.4, 0.5) is 11.4 Å². The van der Waals surface area contributed by atoms with E-state index in [1.165, 1.54) is 28.9 Å². The van der Waals surface area contributed by atoms with Gasteiger partial charge in [0.05, 0.1) is 11.4 Å². The highest BCUT2D eigenvalue weighted by Gasteiger charge is 2.17. The van der Waals surface area contributed by atoms with Crippen molar-refractivity contribution < 1.29 is 0 Å². The summed E-state index contributed by atoms with van der Waals surface area (Å²) < 4.78 is 0. The number of fused-ring (bicyclic) bond motifs is 1. The summed E-state index contributed by atoms with van der Waals surface area (Å²) in [6.45, 7) is 7.71. The third-order valence-corrected chi connectivity index (χ3v) is 3.53. The predicted octanol–water partition coefficient (Wildman–Crippen LogP) is 2.94. The number of hydrogen-bond donors (Lipinski definition) is 1. The molecular formula is C13H20N2. The highest BCUT2D eigenvalue weighted by molar-refractivity contribution is 5.73. The molecule has 1 atom stereocenters. The van der Waals surface area contributed by atoms with Crippen molar-refractivity contribution in [2.24, 2.45) is 0 Å². The summed E-state index contributed by atoms with van der Waals surface area (Å²) in [6, 6.07) is 5.17. The van der Waals surface area contributed by atoms with E-state index in [1.54, 1.807) is 0 Å². The van der Waals surface area contributed by atoms with Gasteiger partial charge in [-0.3, -0.25) is 0 Å². The van der Waals surface area contributed by atoms with Gasteiger partial charge in [0.1, 0.15) is 0 Å². The minimum absolute atomic E-state index is 0.612. The van der Waals surface area contributed by atoms with Crippen LogP contribution in [0, 0.1) is 13.8 Å². The lowest BCUT2D eigenvalue weighted by Gasteiger charge is -2.26. The lowest BCUT2D eigenvalue weighted by Crippen LogP contribution is -2.28. The van der Waals surface area contributed by atoms with E-state index >= 15 is 0 Å². The van der Waals surface area contributed by atoms with Gasteiger partial charge < -0.3 is 10.2 Å². The molecule has 0 saturated carbocycles. The minimum atomic E-state index is 0.612. The van der Waals surface area contributed by atoms with Crippen LogP contribution in [-0.4, -0.2) is 19.6 Å². The van der Waals surface area contributed by atoms with Crippen molar-refractivity contribution >= 4 is 11.4 Å². The van der Waals surface area contributed by atoms with E-state index in [9.17, 15) is 0 Å². The Labute approximate surface area is 92.3 Å². The Balaban J connectivity index is 2.49. The molecule has 0 fully saturated rings. The number of nitrogens with one attached hydrogen (secondary N) is 1. The zero-order valence-corrected chi connectivity index (χ0v) is 10.1. The summed E-state index contributed by atoms with van der Waals surface area (Å²) in [5.41, 5.74) is 5.36. The van der Waals surface area contributed by atoms with Crippen LogP contribution >= 0.6 is 0 Å². The summed E-state index contributed by atoms with van der Waals surface area (Å²) in [5.74, 6) is 0. The first-order valence-electron chi connectivity index (χ1n) is 5.67. The fraction of sp³-hybridized carbons (Fsp3) is 0.538. The van der Waals surface area contributed by atoms with Gasteiger partial charge in [0.15, 0.2) is 0 Å². The Kier molecular flexibility index (Phi) is 2.59. The summed E-state index contributed by atoms with van der Waals surface area (Å²) in [4.78, 5) is 2.38. The first kappa shape index (κ1) is 10.3. The SMILES string of the molecule is Cc1cc2c(cc1C)N(C)C(C)CCN2. The zero-order chi connectivity index (χ0) is 11.0. The van der Waals surface area contributed by atoms with Crippen molar-refractivity contribution in [3.05, 3.63) is 23.3 Å². The second-order valence-electron chi connectivity index (χ2n) is 4.63. The molecule has 1 aromatic rings. The first-order valence-corrected chi connectivity index (χ1v) is 5.67. The highest BCUT2D eigenvalue weighted by atomic mass is 15.2. The van der Waals surface area contributed by atoms with Crippen LogP contribution in [0.1, 0.15) is 24.5 Å². The summed E-state index contributed by atoms with van der Waals surface area (Å²) in [6.07, 6.45) is 1.20. The van der Waals surface area contributed by atoms with Crippen molar-refractivity contribution in [2.45, 2.75) is 33.2 Å². The van der Waals surface area contributed by atoms with Crippen LogP contribution in [0.5, 0.6) is 0 Å². The molecule has 1 unspecified atom stereocenters. The molecule has 0 amide bonds. The van der Waals surface area contributed by atoms with Gasteiger partial charge in [0, 0.05) is 19.6 Å². The van der Waals surface area contributed by atoms with Gasteiger partial charge in [-0.2, -0.15) is 0 Å². The fourth-order valence-electron chi connectivity index (χ4n) is 2.08. The Hall–Kier alpha value is -1.18. The number of hydrogen-bond acceptors (Lipinski definition) is 2. The monoisotopic (exact) mass is 204 g/mol. The van der Waals surface area contributed by atoms with Crippen LogP contribution in [0.2, 0.25) is 0 Å². The predicted molar refractivity (Wildman–Crippen MR) is 66.9 cm³/mol. The largest absolute Gasteiger partial charge is 0.383 e. The van der Waals surface area contributed by atoms with Crippen molar-refractivity contribution in [1.29, 1.82) is 0 Å². The fourth-order valence-corrected chi connectivity index (χ4v) is 2.08. The quantitative estimate of drug-likeness (QED) is 0.699. The van der Waals surface area contributed by atoms with E-state index in [0.717, 1.165) is 6.54 Å². The number of aryl methyl sites for hydroxylation is 2. The van der Waals surface area contributed by atoms with E-state index in [1.807, 2.05) is 0 Å². The third kappa shape index (κ3) is 1.81. The van der Waals surface area contributed by atoms with Crippen LogP contribution in [-0.2, 0) is 0 Å². The molecule has 15 heavy (non-hydrogen) atoms. The molecule has 2 nitrogen and oxygen atoms in total. The maximum Gasteiger partial charge on any atom is 0.0604 e. The average molecular weight is 204 g/mol. The highest BCUT2D eigenvalue weighted by Crippen LogP contribution is 2.32. The van der Waals surface area contributed by atoms with Crippen LogP contribution in [0.3, 0.4) is 0 Å². The van der Waals surface area contributed by atoms with E-state index in [-0.39, 0.29) is 0 Å². The molecule has 2 rings (SSSR count). The normalized spacial score (nSPS) is 20.5. The van der Waals surface area contributed by atoms with Crippen molar-refractivity contribution in [2.75, 3.05) is 23.8 Å². The van der Waals surface area contributed by atoms with E-state index in [4.69, 9.17) is 0 Å². The molecule has 1 N–H and O–H groups in total. The summed E-state index contributed by atoms with van der Waals surface area (Å²) >= 11 is 0. The molecule has 1 heterocycles. The molecule has 0 aliphatic carbocycles. The number of benzene rings is 1. The summed E-state index contributed by atoms with van der Waals surface area (Å²) in [7, 11) is 2.19. The number of anilines is 2. The molecule has 1 aliphatic heterocycles. The Bertz CT molecular complexity index is 371. The molecule has 82 valence electrons. The standard InChI is InChI=1S/C13H20N2/c1-9-7-12-13(8-10(9)2)15(4)11(3)5-6-14-12/h7-8,11,14H,5-6H2,1-4H3. The molecule has 0 aromatic heterocycles. The Morgan fingerprint density at radius 2 is 1.93 bits per heavy atom. The zero-order valence-electron chi connectivity index (χ0n) is 10.1. The van der Waals surface area contributed by atoms with Crippen molar-refractivity contribution in [3.8, 4) is 0 Å². The van der Waals surface area contributed by atoms with Crippen LogP contribution < -0.4 is 10.2 Å². The average Bonchev–Trinajstić information content (AvgIpc) is 2.32. The maximum absolute atomic E-state index is 3.51. The maximum atomic E-state index is 3.51. The van der Waals surface area contributed by atoms with Crippen molar-refractivity contribution in [1.82, 2.24) is 0 Å². The van der Waals surface area contributed by atoms with Crippen molar-refractivity contribution in [3.63, 3.8) is 0 Å².